The second kappa shape index (κ2) is 5.98. The van der Waals surface area contributed by atoms with Crippen molar-refractivity contribution in [3.8, 4) is 17.6 Å². The number of aromatic nitrogens is 3. The first-order valence-electron chi connectivity index (χ1n) is 5.65. The smallest absolute Gasteiger partial charge is 0.142 e. The Balaban J connectivity index is 2.03. The van der Waals surface area contributed by atoms with Gasteiger partial charge in [-0.1, -0.05) is 17.1 Å². The zero-order chi connectivity index (χ0) is 13.7. The van der Waals surface area contributed by atoms with E-state index in [0.717, 1.165) is 0 Å². The summed E-state index contributed by atoms with van der Waals surface area (Å²) in [6.07, 6.45) is 1.73. The van der Waals surface area contributed by atoms with Crippen molar-refractivity contribution in [3.63, 3.8) is 0 Å². The molecule has 0 atom stereocenters. The molecular weight excluding hydrogens is 247 g/mol. The van der Waals surface area contributed by atoms with Crippen molar-refractivity contribution in [2.24, 2.45) is 12.8 Å². The zero-order valence-electron chi connectivity index (χ0n) is 10.4. The van der Waals surface area contributed by atoms with E-state index in [9.17, 15) is 4.39 Å². The van der Waals surface area contributed by atoms with Crippen LogP contribution in [0.2, 0.25) is 0 Å². The van der Waals surface area contributed by atoms with E-state index >= 15 is 0 Å². The maximum Gasteiger partial charge on any atom is 0.142 e. The Hall–Kier alpha value is -2.39. The standard InChI is InChI=1S/C13H13FN4O/c1-18-8-11(16-17-18)9-19-12-5-4-10(3-2-6-15)13(14)7-12/h4-5,7-8H,6,9,15H2,1H3. The molecule has 2 aromatic rings. The van der Waals surface area contributed by atoms with Gasteiger partial charge in [-0.2, -0.15) is 0 Å². The molecule has 0 saturated carbocycles. The van der Waals surface area contributed by atoms with Gasteiger partial charge in [0.05, 0.1) is 18.3 Å². The van der Waals surface area contributed by atoms with Gasteiger partial charge in [0.1, 0.15) is 23.9 Å². The van der Waals surface area contributed by atoms with Crippen molar-refractivity contribution in [1.29, 1.82) is 0 Å². The highest BCUT2D eigenvalue weighted by Crippen LogP contribution is 2.17. The first-order chi connectivity index (χ1) is 9.19. The fourth-order valence-corrected chi connectivity index (χ4v) is 1.45. The summed E-state index contributed by atoms with van der Waals surface area (Å²) in [6.45, 7) is 0.436. The molecule has 2 rings (SSSR count). The Morgan fingerprint density at radius 3 is 2.95 bits per heavy atom. The average molecular weight is 260 g/mol. The minimum Gasteiger partial charge on any atom is -0.487 e. The lowest BCUT2D eigenvalue weighted by Gasteiger charge is -2.04. The lowest BCUT2D eigenvalue weighted by Crippen LogP contribution is -1.97. The summed E-state index contributed by atoms with van der Waals surface area (Å²) in [7, 11) is 1.76. The Morgan fingerprint density at radius 1 is 1.47 bits per heavy atom. The number of aryl methyl sites for hydroxylation is 1. The second-order valence-corrected chi connectivity index (χ2v) is 3.82. The molecule has 0 aliphatic carbocycles. The van der Waals surface area contributed by atoms with Crippen LogP contribution < -0.4 is 10.5 Å². The first-order valence-corrected chi connectivity index (χ1v) is 5.65. The highest BCUT2D eigenvalue weighted by atomic mass is 19.1. The van der Waals surface area contributed by atoms with Crippen LogP contribution >= 0.6 is 0 Å². The van der Waals surface area contributed by atoms with Gasteiger partial charge in [0, 0.05) is 13.1 Å². The van der Waals surface area contributed by atoms with Gasteiger partial charge in [0.15, 0.2) is 0 Å². The number of benzene rings is 1. The van der Waals surface area contributed by atoms with Gasteiger partial charge in [-0.3, -0.25) is 4.68 Å². The Bertz CT molecular complexity index is 627. The molecule has 0 aliphatic heterocycles. The minimum absolute atomic E-state index is 0.199. The van der Waals surface area contributed by atoms with Crippen LogP contribution in [0.25, 0.3) is 0 Å². The molecule has 1 aromatic carbocycles. The molecule has 0 amide bonds. The van der Waals surface area contributed by atoms with Crippen LogP contribution in [0.15, 0.2) is 24.4 Å². The van der Waals surface area contributed by atoms with Crippen LogP contribution in [-0.2, 0) is 13.7 Å². The molecular formula is C13H13FN4O. The molecule has 19 heavy (non-hydrogen) atoms. The monoisotopic (exact) mass is 260 g/mol. The number of nitrogens with two attached hydrogens (primary N) is 1. The van der Waals surface area contributed by atoms with E-state index in [1.807, 2.05) is 0 Å². The molecule has 1 heterocycles. The highest BCUT2D eigenvalue weighted by Gasteiger charge is 2.04. The van der Waals surface area contributed by atoms with Crippen LogP contribution in [0.3, 0.4) is 0 Å². The number of ether oxygens (including phenoxy) is 1. The van der Waals surface area contributed by atoms with E-state index in [0.29, 0.717) is 17.0 Å². The molecule has 2 N–H and O–H groups in total. The van der Waals surface area contributed by atoms with Crippen molar-refractivity contribution >= 4 is 0 Å². The van der Waals surface area contributed by atoms with Crippen molar-refractivity contribution in [2.75, 3.05) is 6.54 Å². The maximum absolute atomic E-state index is 13.6. The lowest BCUT2D eigenvalue weighted by atomic mass is 10.2. The number of hydrogen-bond acceptors (Lipinski definition) is 4. The molecule has 5 nitrogen and oxygen atoms in total. The van der Waals surface area contributed by atoms with Crippen LogP contribution in [0, 0.1) is 17.7 Å². The van der Waals surface area contributed by atoms with Crippen LogP contribution in [-0.4, -0.2) is 21.5 Å². The largest absolute Gasteiger partial charge is 0.487 e. The zero-order valence-corrected chi connectivity index (χ0v) is 10.4. The SMILES string of the molecule is Cn1cc(COc2ccc(C#CCN)c(F)c2)nn1. The van der Waals surface area contributed by atoms with Crippen molar-refractivity contribution in [2.45, 2.75) is 6.61 Å². The third-order valence-electron chi connectivity index (χ3n) is 2.30. The molecule has 0 aliphatic rings. The summed E-state index contributed by atoms with van der Waals surface area (Å²) in [6, 6.07) is 4.50. The average Bonchev–Trinajstić information content (AvgIpc) is 2.81. The van der Waals surface area contributed by atoms with E-state index in [-0.39, 0.29) is 13.2 Å². The van der Waals surface area contributed by atoms with Crippen LogP contribution in [0.1, 0.15) is 11.3 Å². The third-order valence-corrected chi connectivity index (χ3v) is 2.30. The summed E-state index contributed by atoms with van der Waals surface area (Å²) in [4.78, 5) is 0. The maximum atomic E-state index is 13.6. The number of rotatable bonds is 3. The van der Waals surface area contributed by atoms with E-state index in [4.69, 9.17) is 10.5 Å². The molecule has 0 fully saturated rings. The number of nitrogens with zero attached hydrogens (tertiary/aromatic N) is 3. The van der Waals surface area contributed by atoms with Gasteiger partial charge in [0.2, 0.25) is 0 Å². The van der Waals surface area contributed by atoms with E-state index < -0.39 is 5.82 Å². The Labute approximate surface area is 110 Å². The molecule has 98 valence electrons. The highest BCUT2D eigenvalue weighted by molar-refractivity contribution is 5.39. The fourth-order valence-electron chi connectivity index (χ4n) is 1.45. The van der Waals surface area contributed by atoms with Crippen molar-refractivity contribution < 1.29 is 9.13 Å². The van der Waals surface area contributed by atoms with Gasteiger partial charge in [0.25, 0.3) is 0 Å². The van der Waals surface area contributed by atoms with Crippen molar-refractivity contribution in [1.82, 2.24) is 15.0 Å². The third kappa shape index (κ3) is 3.53. The quantitative estimate of drug-likeness (QED) is 0.831. The number of halogens is 1. The van der Waals surface area contributed by atoms with Crippen LogP contribution in [0.4, 0.5) is 4.39 Å². The van der Waals surface area contributed by atoms with Gasteiger partial charge >= 0.3 is 0 Å². The van der Waals surface area contributed by atoms with E-state index in [1.165, 1.54) is 6.07 Å². The van der Waals surface area contributed by atoms with Gasteiger partial charge in [-0.15, -0.1) is 5.10 Å². The predicted octanol–water partition coefficient (Wildman–Crippen LogP) is 0.843. The summed E-state index contributed by atoms with van der Waals surface area (Å²) < 4.78 is 20.6. The fraction of sp³-hybridized carbons (Fsp3) is 0.231. The normalized spacial score (nSPS) is 9.84. The Morgan fingerprint density at radius 2 is 2.32 bits per heavy atom. The van der Waals surface area contributed by atoms with Crippen LogP contribution in [0.5, 0.6) is 5.75 Å². The molecule has 1 aromatic heterocycles. The lowest BCUT2D eigenvalue weighted by molar-refractivity contribution is 0.299. The minimum atomic E-state index is -0.433. The molecule has 0 spiro atoms. The number of hydrogen-bond donors (Lipinski definition) is 1. The van der Waals surface area contributed by atoms with Gasteiger partial charge < -0.3 is 10.5 Å². The Kier molecular flexibility index (Phi) is 4.11. The van der Waals surface area contributed by atoms with Crippen molar-refractivity contribution in [3.05, 3.63) is 41.5 Å². The summed E-state index contributed by atoms with van der Waals surface area (Å²) in [5.74, 6) is 5.23. The molecule has 0 saturated heterocycles. The molecule has 0 radical (unpaired) electrons. The predicted molar refractivity (Wildman–Crippen MR) is 67.7 cm³/mol. The molecule has 6 heteroatoms. The van der Waals surface area contributed by atoms with E-state index in [1.54, 1.807) is 30.1 Å². The van der Waals surface area contributed by atoms with Gasteiger partial charge in [-0.25, -0.2) is 4.39 Å². The molecule has 0 bridgehead atoms. The molecule has 0 unspecified atom stereocenters. The van der Waals surface area contributed by atoms with E-state index in [2.05, 4.69) is 22.2 Å². The summed E-state index contributed by atoms with van der Waals surface area (Å²) in [5.41, 5.74) is 6.21. The summed E-state index contributed by atoms with van der Waals surface area (Å²) in [5, 5.41) is 7.65. The topological polar surface area (TPSA) is 66.0 Å². The second-order valence-electron chi connectivity index (χ2n) is 3.82. The first kappa shape index (κ1) is 13.1. The van der Waals surface area contributed by atoms with Gasteiger partial charge in [-0.05, 0) is 12.1 Å². The summed E-state index contributed by atoms with van der Waals surface area (Å²) >= 11 is 0.